The number of likely N-dealkylation sites (N-methyl/N-ethyl adjacent to an activating group) is 1. The maximum Gasteiger partial charge on any atom is 0.0396 e. The van der Waals surface area contributed by atoms with Crippen LogP contribution in [0.3, 0.4) is 0 Å². The van der Waals surface area contributed by atoms with E-state index >= 15 is 0 Å². The van der Waals surface area contributed by atoms with Gasteiger partial charge in [-0.1, -0.05) is 68.1 Å². The third-order valence-electron chi connectivity index (χ3n) is 5.74. The SMILES string of the molecule is C=C(c1ccccc1Sc1ccccc1C)N1CCN(CCCC)C(CNC)C1. The number of aryl methyl sites for hydroxylation is 1. The molecular weight excluding hydrogens is 374 g/mol. The van der Waals surface area contributed by atoms with Crippen molar-refractivity contribution in [2.45, 2.75) is 42.5 Å². The Balaban J connectivity index is 1.76. The van der Waals surface area contributed by atoms with Gasteiger partial charge in [0.25, 0.3) is 0 Å². The Morgan fingerprint density at radius 3 is 2.55 bits per heavy atom. The molecule has 0 saturated carbocycles. The average Bonchev–Trinajstić information content (AvgIpc) is 2.74. The molecule has 3 nitrogen and oxygen atoms in total. The highest BCUT2D eigenvalue weighted by molar-refractivity contribution is 7.99. The number of nitrogens with zero attached hydrogens (tertiary/aromatic N) is 2. The van der Waals surface area contributed by atoms with E-state index in [1.807, 2.05) is 11.8 Å². The first-order valence-corrected chi connectivity index (χ1v) is 11.6. The summed E-state index contributed by atoms with van der Waals surface area (Å²) in [6.45, 7) is 14.4. The predicted molar refractivity (Wildman–Crippen MR) is 127 cm³/mol. The highest BCUT2D eigenvalue weighted by Crippen LogP contribution is 2.36. The Kier molecular flexibility index (Phi) is 8.22. The molecule has 1 fully saturated rings. The second-order valence-corrected chi connectivity index (χ2v) is 8.94. The third-order valence-corrected chi connectivity index (χ3v) is 6.99. The van der Waals surface area contributed by atoms with Crippen LogP contribution in [0.5, 0.6) is 0 Å². The standard InChI is InChI=1S/C25H35N3S/c1-5-6-15-27-16-17-28(19-22(27)18-26-4)21(3)23-12-8-10-14-25(23)29-24-13-9-7-11-20(24)2/h7-14,22,26H,3,5-6,15-19H2,1-2,4H3. The zero-order chi connectivity index (χ0) is 20.6. The monoisotopic (exact) mass is 409 g/mol. The van der Waals surface area contributed by atoms with Gasteiger partial charge in [-0.15, -0.1) is 0 Å². The first kappa shape index (κ1) is 21.9. The summed E-state index contributed by atoms with van der Waals surface area (Å²) in [5, 5.41) is 3.39. The van der Waals surface area contributed by atoms with Crippen LogP contribution in [0, 0.1) is 6.92 Å². The van der Waals surface area contributed by atoms with Gasteiger partial charge in [0.15, 0.2) is 0 Å². The lowest BCUT2D eigenvalue weighted by molar-refractivity contribution is 0.106. The van der Waals surface area contributed by atoms with Gasteiger partial charge < -0.3 is 10.2 Å². The lowest BCUT2D eigenvalue weighted by Gasteiger charge is -2.43. The van der Waals surface area contributed by atoms with E-state index in [1.54, 1.807) is 0 Å². The van der Waals surface area contributed by atoms with Crippen molar-refractivity contribution in [3.63, 3.8) is 0 Å². The van der Waals surface area contributed by atoms with E-state index in [0.717, 1.165) is 31.9 Å². The van der Waals surface area contributed by atoms with Gasteiger partial charge in [0, 0.05) is 53.3 Å². The highest BCUT2D eigenvalue weighted by atomic mass is 32.2. The topological polar surface area (TPSA) is 18.5 Å². The van der Waals surface area contributed by atoms with Crippen LogP contribution in [0.15, 0.2) is 64.9 Å². The lowest BCUT2D eigenvalue weighted by atomic mass is 10.1. The summed E-state index contributed by atoms with van der Waals surface area (Å²) in [6.07, 6.45) is 2.53. The fraction of sp³-hybridized carbons (Fsp3) is 0.440. The van der Waals surface area contributed by atoms with E-state index in [4.69, 9.17) is 0 Å². The fourth-order valence-electron chi connectivity index (χ4n) is 3.98. The van der Waals surface area contributed by atoms with Crippen molar-refractivity contribution >= 4 is 17.5 Å². The summed E-state index contributed by atoms with van der Waals surface area (Å²) in [5.74, 6) is 0. The first-order chi connectivity index (χ1) is 14.1. The lowest BCUT2D eigenvalue weighted by Crippen LogP contribution is -2.55. The molecule has 1 aliphatic rings. The number of nitrogens with one attached hydrogen (secondary N) is 1. The number of rotatable bonds is 9. The molecule has 1 atom stereocenters. The fourth-order valence-corrected chi connectivity index (χ4v) is 5.03. The van der Waals surface area contributed by atoms with Gasteiger partial charge in [0.2, 0.25) is 0 Å². The quantitative estimate of drug-likeness (QED) is 0.619. The van der Waals surface area contributed by atoms with Crippen LogP contribution in [-0.4, -0.2) is 55.6 Å². The summed E-state index contributed by atoms with van der Waals surface area (Å²) < 4.78 is 0. The number of unbranched alkanes of at least 4 members (excludes halogenated alkanes) is 1. The van der Waals surface area contributed by atoms with E-state index in [9.17, 15) is 0 Å². The van der Waals surface area contributed by atoms with Crippen LogP contribution in [-0.2, 0) is 0 Å². The molecule has 1 N–H and O–H groups in total. The summed E-state index contributed by atoms with van der Waals surface area (Å²) in [7, 11) is 2.06. The van der Waals surface area contributed by atoms with Crippen molar-refractivity contribution in [2.24, 2.45) is 0 Å². The van der Waals surface area contributed by atoms with Crippen molar-refractivity contribution in [2.75, 3.05) is 39.8 Å². The van der Waals surface area contributed by atoms with Gasteiger partial charge in [-0.25, -0.2) is 0 Å². The molecule has 0 bridgehead atoms. The first-order valence-electron chi connectivity index (χ1n) is 10.8. The normalized spacial score (nSPS) is 17.5. The largest absolute Gasteiger partial charge is 0.369 e. The summed E-state index contributed by atoms with van der Waals surface area (Å²) in [6, 6.07) is 17.8. The number of hydrogen-bond acceptors (Lipinski definition) is 4. The molecule has 0 spiro atoms. The van der Waals surface area contributed by atoms with Crippen LogP contribution < -0.4 is 5.32 Å². The Hall–Kier alpha value is -1.75. The zero-order valence-corrected chi connectivity index (χ0v) is 19.0. The summed E-state index contributed by atoms with van der Waals surface area (Å²) in [5.41, 5.74) is 3.72. The second kappa shape index (κ2) is 10.9. The van der Waals surface area contributed by atoms with Gasteiger partial charge in [-0.3, -0.25) is 4.90 Å². The molecule has 1 heterocycles. The van der Waals surface area contributed by atoms with Gasteiger partial charge in [-0.05, 0) is 44.6 Å². The molecular formula is C25H35N3S. The van der Waals surface area contributed by atoms with Crippen LogP contribution in [0.25, 0.3) is 5.70 Å². The van der Waals surface area contributed by atoms with Crippen LogP contribution in [0.4, 0.5) is 0 Å². The molecule has 0 aliphatic carbocycles. The van der Waals surface area contributed by atoms with Crippen molar-refractivity contribution in [1.29, 1.82) is 0 Å². The smallest absolute Gasteiger partial charge is 0.0396 e. The van der Waals surface area contributed by atoms with E-state index in [-0.39, 0.29) is 0 Å². The van der Waals surface area contributed by atoms with Gasteiger partial charge in [-0.2, -0.15) is 0 Å². The molecule has 0 radical (unpaired) electrons. The minimum absolute atomic E-state index is 0.535. The van der Waals surface area contributed by atoms with Crippen molar-refractivity contribution in [3.8, 4) is 0 Å². The molecule has 0 aromatic heterocycles. The number of benzene rings is 2. The van der Waals surface area contributed by atoms with E-state index in [2.05, 4.69) is 91.1 Å². The third kappa shape index (κ3) is 5.65. The zero-order valence-electron chi connectivity index (χ0n) is 18.2. The molecule has 1 unspecified atom stereocenters. The molecule has 1 saturated heterocycles. The minimum Gasteiger partial charge on any atom is -0.369 e. The van der Waals surface area contributed by atoms with Crippen molar-refractivity contribution < 1.29 is 0 Å². The van der Waals surface area contributed by atoms with Crippen LogP contribution in [0.1, 0.15) is 30.9 Å². The molecule has 2 aromatic carbocycles. The van der Waals surface area contributed by atoms with E-state index < -0.39 is 0 Å². The maximum absolute atomic E-state index is 4.53. The number of piperazine rings is 1. The van der Waals surface area contributed by atoms with E-state index in [1.165, 1.54) is 40.3 Å². The Bertz CT molecular complexity index is 804. The average molecular weight is 410 g/mol. The van der Waals surface area contributed by atoms with Gasteiger partial charge in [0.1, 0.15) is 0 Å². The Morgan fingerprint density at radius 2 is 1.83 bits per heavy atom. The Labute approximate surface area is 181 Å². The number of hydrogen-bond donors (Lipinski definition) is 1. The van der Waals surface area contributed by atoms with Crippen LogP contribution in [0.2, 0.25) is 0 Å². The molecule has 3 rings (SSSR count). The highest BCUT2D eigenvalue weighted by Gasteiger charge is 2.27. The minimum atomic E-state index is 0.535. The molecule has 4 heteroatoms. The summed E-state index contributed by atoms with van der Waals surface area (Å²) >= 11 is 1.85. The second-order valence-electron chi connectivity index (χ2n) is 7.86. The summed E-state index contributed by atoms with van der Waals surface area (Å²) in [4.78, 5) is 7.73. The predicted octanol–water partition coefficient (Wildman–Crippen LogP) is 5.12. The maximum atomic E-state index is 4.53. The molecule has 1 aliphatic heterocycles. The van der Waals surface area contributed by atoms with Crippen LogP contribution >= 0.6 is 11.8 Å². The molecule has 0 amide bonds. The molecule has 156 valence electrons. The van der Waals surface area contributed by atoms with Gasteiger partial charge >= 0.3 is 0 Å². The van der Waals surface area contributed by atoms with Crippen molar-refractivity contribution in [1.82, 2.24) is 15.1 Å². The van der Waals surface area contributed by atoms with E-state index in [0.29, 0.717) is 6.04 Å². The molecule has 2 aromatic rings. The Morgan fingerprint density at radius 1 is 1.10 bits per heavy atom. The molecule has 29 heavy (non-hydrogen) atoms. The van der Waals surface area contributed by atoms with Crippen molar-refractivity contribution in [3.05, 3.63) is 66.2 Å². The van der Waals surface area contributed by atoms with Gasteiger partial charge in [0.05, 0.1) is 0 Å².